The van der Waals surface area contributed by atoms with Crippen molar-refractivity contribution in [1.29, 1.82) is 0 Å². The standard InChI is InChI=1S/C10H11N3O2/c1-6-3-7(4-10(12-6)14-2)8-5-9(11)15-13-8/h3-5H,11H2,1-2H3. The molecule has 0 bridgehead atoms. The molecule has 0 unspecified atom stereocenters. The summed E-state index contributed by atoms with van der Waals surface area (Å²) in [6.07, 6.45) is 0. The van der Waals surface area contributed by atoms with Crippen molar-refractivity contribution in [1.82, 2.24) is 10.1 Å². The first kappa shape index (κ1) is 9.51. The molecule has 0 spiro atoms. The van der Waals surface area contributed by atoms with Crippen LogP contribution in [0, 0.1) is 6.92 Å². The van der Waals surface area contributed by atoms with E-state index in [2.05, 4.69) is 10.1 Å². The van der Waals surface area contributed by atoms with Gasteiger partial charge in [-0.05, 0) is 13.0 Å². The summed E-state index contributed by atoms with van der Waals surface area (Å²) < 4.78 is 9.86. The van der Waals surface area contributed by atoms with Crippen LogP contribution in [0.25, 0.3) is 11.3 Å². The molecule has 2 aromatic rings. The van der Waals surface area contributed by atoms with Crippen molar-refractivity contribution < 1.29 is 9.26 Å². The summed E-state index contributed by atoms with van der Waals surface area (Å²) in [5, 5.41) is 3.82. The van der Waals surface area contributed by atoms with Gasteiger partial charge in [0.2, 0.25) is 11.8 Å². The Balaban J connectivity index is 2.48. The predicted octanol–water partition coefficient (Wildman–Crippen LogP) is 1.64. The molecule has 5 nitrogen and oxygen atoms in total. The van der Waals surface area contributed by atoms with Crippen molar-refractivity contribution in [2.45, 2.75) is 6.92 Å². The van der Waals surface area contributed by atoms with Crippen LogP contribution in [0.1, 0.15) is 5.69 Å². The lowest BCUT2D eigenvalue weighted by atomic mass is 10.1. The van der Waals surface area contributed by atoms with E-state index < -0.39 is 0 Å². The summed E-state index contributed by atoms with van der Waals surface area (Å²) in [6, 6.07) is 5.33. The Morgan fingerprint density at radius 2 is 2.13 bits per heavy atom. The molecule has 2 rings (SSSR count). The lowest BCUT2D eigenvalue weighted by Gasteiger charge is -2.02. The third-order valence-electron chi connectivity index (χ3n) is 1.96. The molecular formula is C10H11N3O2. The fourth-order valence-electron chi connectivity index (χ4n) is 1.32. The van der Waals surface area contributed by atoms with Gasteiger partial charge in [-0.25, -0.2) is 4.98 Å². The van der Waals surface area contributed by atoms with Crippen molar-refractivity contribution >= 4 is 5.88 Å². The maximum atomic E-state index is 5.45. The van der Waals surface area contributed by atoms with E-state index in [0.29, 0.717) is 17.5 Å². The Morgan fingerprint density at radius 3 is 2.73 bits per heavy atom. The number of hydrogen-bond donors (Lipinski definition) is 1. The summed E-state index contributed by atoms with van der Waals surface area (Å²) >= 11 is 0. The van der Waals surface area contributed by atoms with Gasteiger partial charge in [-0.3, -0.25) is 0 Å². The van der Waals surface area contributed by atoms with E-state index in [1.807, 2.05) is 13.0 Å². The molecule has 0 saturated heterocycles. The third-order valence-corrected chi connectivity index (χ3v) is 1.96. The molecule has 0 radical (unpaired) electrons. The van der Waals surface area contributed by atoms with Crippen LogP contribution in [-0.4, -0.2) is 17.3 Å². The zero-order chi connectivity index (χ0) is 10.8. The molecule has 5 heteroatoms. The number of hydrogen-bond acceptors (Lipinski definition) is 5. The van der Waals surface area contributed by atoms with Crippen LogP contribution in [0.15, 0.2) is 22.7 Å². The molecule has 0 aliphatic carbocycles. The molecule has 15 heavy (non-hydrogen) atoms. The van der Waals surface area contributed by atoms with Crippen LogP contribution in [-0.2, 0) is 0 Å². The second-order valence-corrected chi connectivity index (χ2v) is 3.15. The lowest BCUT2D eigenvalue weighted by molar-refractivity contribution is 0.397. The molecule has 0 saturated carbocycles. The van der Waals surface area contributed by atoms with E-state index in [1.54, 1.807) is 19.2 Å². The minimum atomic E-state index is 0.290. The normalized spacial score (nSPS) is 10.3. The monoisotopic (exact) mass is 205 g/mol. The van der Waals surface area contributed by atoms with Gasteiger partial charge < -0.3 is 15.0 Å². The number of pyridine rings is 1. The zero-order valence-corrected chi connectivity index (χ0v) is 8.52. The number of anilines is 1. The molecule has 0 aromatic carbocycles. The Labute approximate surface area is 86.9 Å². The maximum absolute atomic E-state index is 5.45. The van der Waals surface area contributed by atoms with Gasteiger partial charge in [-0.1, -0.05) is 5.16 Å². The highest BCUT2D eigenvalue weighted by Crippen LogP contribution is 2.23. The Morgan fingerprint density at radius 1 is 1.33 bits per heavy atom. The Kier molecular flexibility index (Phi) is 2.29. The SMILES string of the molecule is COc1cc(-c2cc(N)on2)cc(C)n1. The number of ether oxygens (including phenoxy) is 1. The van der Waals surface area contributed by atoms with Gasteiger partial charge in [0.1, 0.15) is 5.69 Å². The number of nitrogens with two attached hydrogens (primary N) is 1. The van der Waals surface area contributed by atoms with Crippen LogP contribution in [0.4, 0.5) is 5.88 Å². The van der Waals surface area contributed by atoms with E-state index in [4.69, 9.17) is 15.0 Å². The molecular weight excluding hydrogens is 194 g/mol. The summed E-state index contributed by atoms with van der Waals surface area (Å²) in [7, 11) is 1.57. The minimum Gasteiger partial charge on any atom is -0.481 e. The molecule has 0 aliphatic heterocycles. The Hall–Kier alpha value is -2.04. The number of nitrogens with zero attached hydrogens (tertiary/aromatic N) is 2. The summed E-state index contributed by atoms with van der Waals surface area (Å²) in [4.78, 5) is 4.17. The summed E-state index contributed by atoms with van der Waals surface area (Å²) in [5.74, 6) is 0.838. The average molecular weight is 205 g/mol. The molecule has 2 heterocycles. The zero-order valence-electron chi connectivity index (χ0n) is 8.52. The largest absolute Gasteiger partial charge is 0.481 e. The van der Waals surface area contributed by atoms with Crippen LogP contribution >= 0.6 is 0 Å². The van der Waals surface area contributed by atoms with Crippen molar-refractivity contribution in [2.75, 3.05) is 12.8 Å². The quantitative estimate of drug-likeness (QED) is 0.806. The number of aromatic nitrogens is 2. The molecule has 0 aliphatic rings. The second kappa shape index (κ2) is 3.61. The molecule has 0 amide bonds. The van der Waals surface area contributed by atoms with Crippen molar-refractivity contribution in [3.63, 3.8) is 0 Å². The van der Waals surface area contributed by atoms with Crippen LogP contribution in [0.5, 0.6) is 5.88 Å². The van der Waals surface area contributed by atoms with Gasteiger partial charge in [0.25, 0.3) is 0 Å². The van der Waals surface area contributed by atoms with Gasteiger partial charge >= 0.3 is 0 Å². The predicted molar refractivity (Wildman–Crippen MR) is 55.4 cm³/mol. The molecule has 2 N–H and O–H groups in total. The lowest BCUT2D eigenvalue weighted by Crippen LogP contribution is -1.91. The van der Waals surface area contributed by atoms with Crippen LogP contribution in [0.3, 0.4) is 0 Å². The summed E-state index contributed by atoms with van der Waals surface area (Å²) in [6.45, 7) is 1.88. The van der Waals surface area contributed by atoms with Crippen LogP contribution in [0.2, 0.25) is 0 Å². The highest BCUT2D eigenvalue weighted by Gasteiger charge is 2.07. The van der Waals surface area contributed by atoms with E-state index in [0.717, 1.165) is 11.3 Å². The fraction of sp³-hybridized carbons (Fsp3) is 0.200. The number of methoxy groups -OCH3 is 1. The summed E-state index contributed by atoms with van der Waals surface area (Å²) in [5.41, 5.74) is 7.85. The molecule has 2 aromatic heterocycles. The average Bonchev–Trinajstić information content (AvgIpc) is 2.64. The molecule has 0 atom stereocenters. The van der Waals surface area contributed by atoms with Gasteiger partial charge in [0.15, 0.2) is 0 Å². The van der Waals surface area contributed by atoms with Crippen LogP contribution < -0.4 is 10.5 Å². The van der Waals surface area contributed by atoms with Crippen molar-refractivity contribution in [3.8, 4) is 17.1 Å². The topological polar surface area (TPSA) is 74.2 Å². The van der Waals surface area contributed by atoms with E-state index >= 15 is 0 Å². The highest BCUT2D eigenvalue weighted by molar-refractivity contribution is 5.62. The van der Waals surface area contributed by atoms with E-state index in [-0.39, 0.29) is 0 Å². The number of aryl methyl sites for hydroxylation is 1. The Bertz CT molecular complexity index is 479. The smallest absolute Gasteiger partial charge is 0.222 e. The van der Waals surface area contributed by atoms with Gasteiger partial charge in [0, 0.05) is 23.4 Å². The van der Waals surface area contributed by atoms with E-state index in [1.165, 1.54) is 0 Å². The first-order valence-corrected chi connectivity index (χ1v) is 4.44. The third kappa shape index (κ3) is 1.90. The second-order valence-electron chi connectivity index (χ2n) is 3.15. The van der Waals surface area contributed by atoms with Gasteiger partial charge in [0.05, 0.1) is 7.11 Å². The first-order chi connectivity index (χ1) is 7.19. The minimum absolute atomic E-state index is 0.290. The van der Waals surface area contributed by atoms with Gasteiger partial charge in [-0.15, -0.1) is 0 Å². The van der Waals surface area contributed by atoms with Gasteiger partial charge in [-0.2, -0.15) is 0 Å². The van der Waals surface area contributed by atoms with Crippen molar-refractivity contribution in [2.24, 2.45) is 0 Å². The molecule has 0 fully saturated rings. The van der Waals surface area contributed by atoms with E-state index in [9.17, 15) is 0 Å². The number of nitrogen functional groups attached to an aromatic ring is 1. The number of rotatable bonds is 2. The highest BCUT2D eigenvalue weighted by atomic mass is 16.5. The maximum Gasteiger partial charge on any atom is 0.222 e. The fourth-order valence-corrected chi connectivity index (χ4v) is 1.32. The first-order valence-electron chi connectivity index (χ1n) is 4.44. The van der Waals surface area contributed by atoms with Crippen molar-refractivity contribution in [3.05, 3.63) is 23.9 Å². The molecule has 78 valence electrons.